The Kier molecular flexibility index (Phi) is 3.34. The number of hydrogen-bond donors (Lipinski definition) is 3. The van der Waals surface area contributed by atoms with Crippen LogP contribution in [0.2, 0.25) is 0 Å². The Morgan fingerprint density at radius 1 is 0.692 bits per heavy atom. The van der Waals surface area contributed by atoms with Gasteiger partial charge in [0.25, 0.3) is 0 Å². The van der Waals surface area contributed by atoms with Crippen molar-refractivity contribution in [2.24, 2.45) is 0 Å². The SMILES string of the molecule is Cc1cc(O)c2c(c1)C(=O)c1cc(O)c(-c3ccccc3)c(O)c1C2=O. The minimum absolute atomic E-state index is 0.0614. The number of fused-ring (bicyclic) bond motifs is 2. The molecule has 0 aliphatic heterocycles. The second-order valence-electron chi connectivity index (χ2n) is 6.27. The third kappa shape index (κ3) is 2.10. The minimum Gasteiger partial charge on any atom is -0.507 e. The van der Waals surface area contributed by atoms with Gasteiger partial charge in [0.15, 0.2) is 5.78 Å². The number of benzene rings is 3. The predicted molar refractivity (Wildman–Crippen MR) is 94.9 cm³/mol. The van der Waals surface area contributed by atoms with Crippen LogP contribution in [0.3, 0.4) is 0 Å². The first kappa shape index (κ1) is 15.9. The zero-order valence-corrected chi connectivity index (χ0v) is 13.8. The van der Waals surface area contributed by atoms with Crippen LogP contribution in [-0.2, 0) is 0 Å². The fourth-order valence-electron chi connectivity index (χ4n) is 3.41. The van der Waals surface area contributed by atoms with Gasteiger partial charge in [0, 0.05) is 11.1 Å². The molecule has 0 fully saturated rings. The van der Waals surface area contributed by atoms with Gasteiger partial charge < -0.3 is 15.3 Å². The standard InChI is InChI=1S/C21H14O5/c1-10-7-12-17(14(22)8-10)21(26)18-13(19(12)24)9-15(23)16(20(18)25)11-5-3-2-4-6-11/h2-9,22-23,25H,1H3. The zero-order chi connectivity index (χ0) is 18.6. The number of carbonyl (C=O) groups excluding carboxylic acids is 2. The van der Waals surface area contributed by atoms with Crippen molar-refractivity contribution in [2.45, 2.75) is 6.92 Å². The van der Waals surface area contributed by atoms with Crippen LogP contribution in [0, 0.1) is 6.92 Å². The van der Waals surface area contributed by atoms with Crippen LogP contribution in [-0.4, -0.2) is 26.9 Å². The van der Waals surface area contributed by atoms with Crippen LogP contribution in [0.15, 0.2) is 48.5 Å². The van der Waals surface area contributed by atoms with Crippen molar-refractivity contribution in [3.05, 3.63) is 76.3 Å². The lowest BCUT2D eigenvalue weighted by atomic mass is 9.80. The number of aryl methyl sites for hydroxylation is 1. The van der Waals surface area contributed by atoms with Crippen molar-refractivity contribution in [2.75, 3.05) is 0 Å². The summed E-state index contributed by atoms with van der Waals surface area (Å²) in [5.41, 5.74) is 0.838. The summed E-state index contributed by atoms with van der Waals surface area (Å²) < 4.78 is 0. The van der Waals surface area contributed by atoms with Crippen LogP contribution >= 0.6 is 0 Å². The molecule has 26 heavy (non-hydrogen) atoms. The Hall–Kier alpha value is -3.60. The molecule has 3 aromatic carbocycles. The van der Waals surface area contributed by atoms with Gasteiger partial charge in [-0.05, 0) is 36.2 Å². The molecular weight excluding hydrogens is 332 g/mol. The highest BCUT2D eigenvalue weighted by Gasteiger charge is 2.36. The number of phenols is 3. The molecule has 3 N–H and O–H groups in total. The maximum atomic E-state index is 12.9. The molecule has 0 aromatic heterocycles. The molecule has 5 heteroatoms. The highest BCUT2D eigenvalue weighted by Crippen LogP contribution is 2.45. The van der Waals surface area contributed by atoms with Crippen LogP contribution < -0.4 is 0 Å². The van der Waals surface area contributed by atoms with Gasteiger partial charge in [-0.2, -0.15) is 0 Å². The van der Waals surface area contributed by atoms with E-state index in [1.165, 1.54) is 18.2 Å². The number of phenolic OH excluding ortho intramolecular Hbond substituents is 3. The first-order chi connectivity index (χ1) is 12.4. The smallest absolute Gasteiger partial charge is 0.201 e. The molecule has 0 radical (unpaired) electrons. The molecule has 1 aliphatic rings. The third-order valence-electron chi connectivity index (χ3n) is 4.55. The van der Waals surface area contributed by atoms with E-state index >= 15 is 0 Å². The van der Waals surface area contributed by atoms with Crippen LogP contribution in [0.25, 0.3) is 11.1 Å². The number of aromatic hydroxyl groups is 3. The maximum absolute atomic E-state index is 12.9. The predicted octanol–water partition coefficient (Wildman–Crippen LogP) is 3.55. The zero-order valence-electron chi connectivity index (χ0n) is 13.8. The second kappa shape index (κ2) is 5.46. The van der Waals surface area contributed by atoms with Gasteiger partial charge in [-0.15, -0.1) is 0 Å². The Labute approximate surface area is 148 Å². The lowest BCUT2D eigenvalue weighted by Gasteiger charge is -2.22. The van der Waals surface area contributed by atoms with E-state index < -0.39 is 17.3 Å². The van der Waals surface area contributed by atoms with E-state index in [-0.39, 0.29) is 39.3 Å². The number of rotatable bonds is 1. The normalized spacial score (nSPS) is 12.7. The van der Waals surface area contributed by atoms with E-state index in [9.17, 15) is 24.9 Å². The molecule has 3 aromatic rings. The molecule has 5 nitrogen and oxygen atoms in total. The van der Waals surface area contributed by atoms with Gasteiger partial charge in [-0.3, -0.25) is 9.59 Å². The Morgan fingerprint density at radius 3 is 2.00 bits per heavy atom. The van der Waals surface area contributed by atoms with E-state index in [1.807, 2.05) is 0 Å². The van der Waals surface area contributed by atoms with Gasteiger partial charge in [-0.25, -0.2) is 0 Å². The van der Waals surface area contributed by atoms with Gasteiger partial charge >= 0.3 is 0 Å². The fourth-order valence-corrected chi connectivity index (χ4v) is 3.41. The number of hydrogen-bond acceptors (Lipinski definition) is 5. The summed E-state index contributed by atoms with van der Waals surface area (Å²) >= 11 is 0. The van der Waals surface area contributed by atoms with Crippen molar-refractivity contribution < 1.29 is 24.9 Å². The highest BCUT2D eigenvalue weighted by molar-refractivity contribution is 6.31. The summed E-state index contributed by atoms with van der Waals surface area (Å²) in [5, 5.41) is 31.3. The summed E-state index contributed by atoms with van der Waals surface area (Å²) in [4.78, 5) is 25.8. The number of ketones is 2. The Balaban J connectivity index is 2.04. The molecule has 128 valence electrons. The lowest BCUT2D eigenvalue weighted by molar-refractivity contribution is 0.0974. The first-order valence-electron chi connectivity index (χ1n) is 7.97. The monoisotopic (exact) mass is 346 g/mol. The Morgan fingerprint density at radius 2 is 1.31 bits per heavy atom. The largest absolute Gasteiger partial charge is 0.507 e. The summed E-state index contributed by atoms with van der Waals surface area (Å²) in [6.45, 7) is 1.70. The molecule has 0 atom stereocenters. The molecule has 0 saturated heterocycles. The van der Waals surface area contributed by atoms with E-state index in [0.717, 1.165) is 0 Å². The van der Waals surface area contributed by atoms with E-state index in [1.54, 1.807) is 37.3 Å². The van der Waals surface area contributed by atoms with Crippen molar-refractivity contribution in [3.8, 4) is 28.4 Å². The maximum Gasteiger partial charge on any atom is 0.201 e. The van der Waals surface area contributed by atoms with Crippen LogP contribution in [0.1, 0.15) is 37.4 Å². The minimum atomic E-state index is -0.651. The van der Waals surface area contributed by atoms with E-state index in [0.29, 0.717) is 11.1 Å². The topological polar surface area (TPSA) is 94.8 Å². The summed E-state index contributed by atoms with van der Waals surface area (Å²) in [6.07, 6.45) is 0. The summed E-state index contributed by atoms with van der Waals surface area (Å²) in [7, 11) is 0. The van der Waals surface area contributed by atoms with Crippen molar-refractivity contribution in [1.29, 1.82) is 0 Å². The van der Waals surface area contributed by atoms with Crippen molar-refractivity contribution in [3.63, 3.8) is 0 Å². The first-order valence-corrected chi connectivity index (χ1v) is 7.97. The number of carbonyl (C=O) groups is 2. The Bertz CT molecular complexity index is 1100. The van der Waals surface area contributed by atoms with Gasteiger partial charge in [-0.1, -0.05) is 30.3 Å². The molecule has 0 heterocycles. The van der Waals surface area contributed by atoms with Gasteiger partial charge in [0.2, 0.25) is 5.78 Å². The molecule has 0 amide bonds. The van der Waals surface area contributed by atoms with E-state index in [4.69, 9.17) is 0 Å². The molecule has 0 bridgehead atoms. The highest BCUT2D eigenvalue weighted by atomic mass is 16.3. The molecule has 4 rings (SSSR count). The van der Waals surface area contributed by atoms with Crippen LogP contribution in [0.5, 0.6) is 17.2 Å². The summed E-state index contributed by atoms with van der Waals surface area (Å²) in [5.74, 6) is -2.26. The second-order valence-corrected chi connectivity index (χ2v) is 6.27. The molecule has 0 saturated carbocycles. The van der Waals surface area contributed by atoms with Crippen molar-refractivity contribution in [1.82, 2.24) is 0 Å². The summed E-state index contributed by atoms with van der Waals surface area (Å²) in [6, 6.07) is 12.7. The molecule has 0 spiro atoms. The van der Waals surface area contributed by atoms with E-state index in [2.05, 4.69) is 0 Å². The van der Waals surface area contributed by atoms with Gasteiger partial charge in [0.05, 0.1) is 16.7 Å². The van der Waals surface area contributed by atoms with Crippen LogP contribution in [0.4, 0.5) is 0 Å². The molecular formula is C21H14O5. The average Bonchev–Trinajstić information content (AvgIpc) is 2.59. The quantitative estimate of drug-likeness (QED) is 0.490. The fraction of sp³-hybridized carbons (Fsp3) is 0.0476. The average molecular weight is 346 g/mol. The third-order valence-corrected chi connectivity index (χ3v) is 4.55. The molecule has 1 aliphatic carbocycles. The lowest BCUT2D eigenvalue weighted by Crippen LogP contribution is -2.21. The van der Waals surface area contributed by atoms with Gasteiger partial charge in [0.1, 0.15) is 17.2 Å². The molecule has 0 unspecified atom stereocenters. The van der Waals surface area contributed by atoms with Crippen molar-refractivity contribution >= 4 is 11.6 Å².